The lowest BCUT2D eigenvalue weighted by Gasteiger charge is -2.35. The number of nitrogens with one attached hydrogen (secondary N) is 1. The Morgan fingerprint density at radius 1 is 1.22 bits per heavy atom. The Bertz CT molecular complexity index is 269. The Hall–Kier alpha value is -0.610. The summed E-state index contributed by atoms with van der Waals surface area (Å²) >= 11 is 0. The molecular formula is C14H26N2O2. The molecule has 0 aromatic carbocycles. The summed E-state index contributed by atoms with van der Waals surface area (Å²) in [7, 11) is 0. The molecule has 4 nitrogen and oxygen atoms in total. The number of carbonyl (C=O) groups excluding carboxylic acids is 1. The van der Waals surface area contributed by atoms with Crippen LogP contribution < -0.4 is 11.1 Å². The van der Waals surface area contributed by atoms with Crippen LogP contribution in [-0.2, 0) is 9.53 Å². The minimum atomic E-state index is -0.299. The number of ether oxygens (including phenoxy) is 1. The summed E-state index contributed by atoms with van der Waals surface area (Å²) in [6.07, 6.45) is 9.02. The number of hydrogen-bond acceptors (Lipinski definition) is 3. The van der Waals surface area contributed by atoms with Gasteiger partial charge in [-0.3, -0.25) is 4.79 Å². The third-order valence-electron chi connectivity index (χ3n) is 4.45. The predicted molar refractivity (Wildman–Crippen MR) is 71.2 cm³/mol. The van der Waals surface area contributed by atoms with E-state index in [9.17, 15) is 4.79 Å². The van der Waals surface area contributed by atoms with Crippen molar-refractivity contribution < 1.29 is 9.53 Å². The van der Waals surface area contributed by atoms with E-state index in [0.717, 1.165) is 45.1 Å². The van der Waals surface area contributed by atoms with Gasteiger partial charge in [-0.05, 0) is 32.1 Å². The van der Waals surface area contributed by atoms with Crippen molar-refractivity contribution in [2.24, 2.45) is 11.1 Å². The highest BCUT2D eigenvalue weighted by atomic mass is 16.5. The summed E-state index contributed by atoms with van der Waals surface area (Å²) in [5.74, 6) is 0.152. The quantitative estimate of drug-likeness (QED) is 0.800. The van der Waals surface area contributed by atoms with E-state index < -0.39 is 0 Å². The maximum Gasteiger partial charge on any atom is 0.227 e. The van der Waals surface area contributed by atoms with E-state index in [4.69, 9.17) is 10.5 Å². The van der Waals surface area contributed by atoms with Crippen LogP contribution in [0, 0.1) is 5.41 Å². The van der Waals surface area contributed by atoms with Crippen LogP contribution in [0.15, 0.2) is 0 Å². The predicted octanol–water partition coefficient (Wildman–Crippen LogP) is 1.58. The van der Waals surface area contributed by atoms with Crippen LogP contribution in [0.2, 0.25) is 0 Å². The lowest BCUT2D eigenvalue weighted by molar-refractivity contribution is -0.133. The summed E-state index contributed by atoms with van der Waals surface area (Å²) in [4.78, 5) is 12.3. The zero-order valence-corrected chi connectivity index (χ0v) is 11.2. The highest BCUT2D eigenvalue weighted by Crippen LogP contribution is 2.35. The molecule has 4 heteroatoms. The molecule has 0 bridgehead atoms. The molecule has 1 aliphatic heterocycles. The summed E-state index contributed by atoms with van der Waals surface area (Å²) < 4.78 is 5.64. The zero-order valence-electron chi connectivity index (χ0n) is 11.2. The first-order valence-electron chi connectivity index (χ1n) is 7.37. The van der Waals surface area contributed by atoms with Crippen LogP contribution in [0.1, 0.15) is 51.4 Å². The maximum atomic E-state index is 12.3. The van der Waals surface area contributed by atoms with Gasteiger partial charge in [-0.25, -0.2) is 0 Å². The molecule has 1 heterocycles. The van der Waals surface area contributed by atoms with Crippen LogP contribution in [-0.4, -0.2) is 31.7 Å². The fourth-order valence-corrected chi connectivity index (χ4v) is 3.11. The Labute approximate surface area is 110 Å². The summed E-state index contributed by atoms with van der Waals surface area (Å²) in [5.41, 5.74) is 5.56. The normalized spacial score (nSPS) is 27.7. The van der Waals surface area contributed by atoms with Crippen molar-refractivity contribution in [2.75, 3.05) is 19.7 Å². The van der Waals surface area contributed by atoms with Crippen molar-refractivity contribution in [2.45, 2.75) is 57.5 Å². The Kier molecular flexibility index (Phi) is 5.01. The van der Waals surface area contributed by atoms with Crippen LogP contribution >= 0.6 is 0 Å². The first-order chi connectivity index (χ1) is 8.77. The van der Waals surface area contributed by atoms with Gasteiger partial charge in [0, 0.05) is 19.7 Å². The van der Waals surface area contributed by atoms with Crippen LogP contribution in [0.25, 0.3) is 0 Å². The first-order valence-corrected chi connectivity index (χ1v) is 7.37. The highest BCUT2D eigenvalue weighted by molar-refractivity contribution is 5.83. The van der Waals surface area contributed by atoms with E-state index in [-0.39, 0.29) is 17.4 Å². The summed E-state index contributed by atoms with van der Waals surface area (Å²) in [5, 5.41) is 3.07. The minimum absolute atomic E-state index is 0.152. The standard InChI is InChI=1S/C14H26N2O2/c15-11-14(7-3-1-4-8-14)13(17)16-10-12-6-2-5-9-18-12/h12H,1-11,15H2,(H,16,17). The third kappa shape index (κ3) is 3.23. The molecule has 2 aliphatic rings. The molecule has 3 N–H and O–H groups in total. The fraction of sp³-hybridized carbons (Fsp3) is 0.929. The second-order valence-electron chi connectivity index (χ2n) is 5.74. The summed E-state index contributed by atoms with van der Waals surface area (Å²) in [6, 6.07) is 0. The zero-order chi connectivity index (χ0) is 12.8. The topological polar surface area (TPSA) is 64.4 Å². The van der Waals surface area contributed by atoms with E-state index in [2.05, 4.69) is 5.32 Å². The molecule has 1 saturated heterocycles. The summed E-state index contributed by atoms with van der Waals surface area (Å²) in [6.45, 7) is 1.97. The van der Waals surface area contributed by atoms with Gasteiger partial charge in [0.15, 0.2) is 0 Å². The van der Waals surface area contributed by atoms with Crippen molar-refractivity contribution in [3.63, 3.8) is 0 Å². The molecule has 0 spiro atoms. The van der Waals surface area contributed by atoms with Gasteiger partial charge in [-0.2, -0.15) is 0 Å². The molecule has 1 saturated carbocycles. The first kappa shape index (κ1) is 13.8. The number of rotatable bonds is 4. The highest BCUT2D eigenvalue weighted by Gasteiger charge is 2.38. The SMILES string of the molecule is NCC1(C(=O)NCC2CCCCO2)CCCCC1. The molecule has 1 atom stereocenters. The molecule has 18 heavy (non-hydrogen) atoms. The van der Waals surface area contributed by atoms with Gasteiger partial charge in [0.2, 0.25) is 5.91 Å². The Balaban J connectivity index is 1.81. The molecule has 1 unspecified atom stereocenters. The number of carbonyl (C=O) groups is 1. The van der Waals surface area contributed by atoms with E-state index in [1.807, 2.05) is 0 Å². The molecule has 104 valence electrons. The molecule has 0 aromatic heterocycles. The van der Waals surface area contributed by atoms with Crippen molar-refractivity contribution in [1.82, 2.24) is 5.32 Å². The largest absolute Gasteiger partial charge is 0.376 e. The van der Waals surface area contributed by atoms with Crippen LogP contribution in [0.5, 0.6) is 0 Å². The van der Waals surface area contributed by atoms with E-state index in [0.29, 0.717) is 13.1 Å². The monoisotopic (exact) mass is 254 g/mol. The maximum absolute atomic E-state index is 12.3. The van der Waals surface area contributed by atoms with Gasteiger partial charge in [0.1, 0.15) is 0 Å². The molecule has 1 aliphatic carbocycles. The number of hydrogen-bond donors (Lipinski definition) is 2. The lowest BCUT2D eigenvalue weighted by atomic mass is 9.73. The van der Waals surface area contributed by atoms with E-state index in [1.54, 1.807) is 0 Å². The van der Waals surface area contributed by atoms with Crippen molar-refractivity contribution >= 4 is 5.91 Å². The molecule has 0 radical (unpaired) electrons. The van der Waals surface area contributed by atoms with E-state index in [1.165, 1.54) is 12.8 Å². The van der Waals surface area contributed by atoms with Gasteiger partial charge >= 0.3 is 0 Å². The van der Waals surface area contributed by atoms with Gasteiger partial charge in [0.05, 0.1) is 11.5 Å². The molecule has 2 fully saturated rings. The van der Waals surface area contributed by atoms with E-state index >= 15 is 0 Å². The van der Waals surface area contributed by atoms with Gasteiger partial charge in [0.25, 0.3) is 0 Å². The van der Waals surface area contributed by atoms with Crippen molar-refractivity contribution in [3.05, 3.63) is 0 Å². The van der Waals surface area contributed by atoms with Gasteiger partial charge in [-0.15, -0.1) is 0 Å². The third-order valence-corrected chi connectivity index (χ3v) is 4.45. The lowest BCUT2D eigenvalue weighted by Crippen LogP contribution is -2.49. The average molecular weight is 254 g/mol. The molecule has 0 aromatic rings. The molecular weight excluding hydrogens is 228 g/mol. The Morgan fingerprint density at radius 2 is 2.00 bits per heavy atom. The van der Waals surface area contributed by atoms with Gasteiger partial charge < -0.3 is 15.8 Å². The number of nitrogens with two attached hydrogens (primary N) is 1. The van der Waals surface area contributed by atoms with Crippen LogP contribution in [0.3, 0.4) is 0 Å². The smallest absolute Gasteiger partial charge is 0.227 e. The number of amides is 1. The van der Waals surface area contributed by atoms with Crippen molar-refractivity contribution in [3.8, 4) is 0 Å². The average Bonchev–Trinajstić information content (AvgIpc) is 2.46. The Morgan fingerprint density at radius 3 is 2.61 bits per heavy atom. The second kappa shape index (κ2) is 6.53. The van der Waals surface area contributed by atoms with Gasteiger partial charge in [-0.1, -0.05) is 19.3 Å². The van der Waals surface area contributed by atoms with Crippen molar-refractivity contribution in [1.29, 1.82) is 0 Å². The van der Waals surface area contributed by atoms with Crippen LogP contribution in [0.4, 0.5) is 0 Å². The second-order valence-corrected chi connectivity index (χ2v) is 5.74. The molecule has 2 rings (SSSR count). The fourth-order valence-electron chi connectivity index (χ4n) is 3.11. The minimum Gasteiger partial charge on any atom is -0.376 e. The molecule has 1 amide bonds.